The molecule has 266 valence electrons. The van der Waals surface area contributed by atoms with Crippen LogP contribution in [-0.4, -0.2) is 9.97 Å². The first-order valence-electron chi connectivity index (χ1n) is 19.3. The predicted octanol–water partition coefficient (Wildman–Crippen LogP) is 14.7. The highest BCUT2D eigenvalue weighted by Crippen LogP contribution is 2.41. The van der Waals surface area contributed by atoms with Gasteiger partial charge in [-0.2, -0.15) is 0 Å². The Balaban J connectivity index is 1.14. The Hall–Kier alpha value is -7.62. The first-order valence-corrected chi connectivity index (χ1v) is 19.3. The van der Waals surface area contributed by atoms with Crippen LogP contribution in [0.4, 0.5) is 0 Å². The quantitative estimate of drug-likeness (QED) is 0.160. The van der Waals surface area contributed by atoms with Crippen molar-refractivity contribution in [3.63, 3.8) is 0 Å². The van der Waals surface area contributed by atoms with Gasteiger partial charge >= 0.3 is 0 Å². The van der Waals surface area contributed by atoms with Crippen LogP contribution >= 0.6 is 0 Å². The molecule has 2 heterocycles. The highest BCUT2D eigenvalue weighted by Gasteiger charge is 2.18. The highest BCUT2D eigenvalue weighted by molar-refractivity contribution is 6.15. The first kappa shape index (κ1) is 32.8. The molecule has 2 aromatic heterocycles. The maximum absolute atomic E-state index is 6.21. The molecule has 0 radical (unpaired) electrons. The van der Waals surface area contributed by atoms with E-state index in [2.05, 4.69) is 176 Å². The van der Waals surface area contributed by atoms with Gasteiger partial charge in [-0.1, -0.05) is 158 Å². The molecule has 0 aliphatic heterocycles. The van der Waals surface area contributed by atoms with Crippen LogP contribution in [0.3, 0.4) is 0 Å². The van der Waals surface area contributed by atoms with Crippen molar-refractivity contribution in [2.24, 2.45) is 0 Å². The minimum Gasteiger partial charge on any atom is -0.456 e. The molecule has 0 aliphatic carbocycles. The number of nitrogens with zero attached hydrogens (tertiary/aromatic N) is 2. The van der Waals surface area contributed by atoms with Gasteiger partial charge in [0.2, 0.25) is 0 Å². The average Bonchev–Trinajstić information content (AvgIpc) is 3.67. The summed E-state index contributed by atoms with van der Waals surface area (Å²) in [6, 6.07) is 72.9. The minimum atomic E-state index is 0.680. The lowest BCUT2D eigenvalue weighted by Crippen LogP contribution is -1.98. The summed E-state index contributed by atoms with van der Waals surface area (Å²) in [7, 11) is 0. The van der Waals surface area contributed by atoms with Crippen molar-refractivity contribution >= 4 is 43.5 Å². The van der Waals surface area contributed by atoms with E-state index in [1.807, 2.05) is 30.3 Å². The van der Waals surface area contributed by atoms with Crippen molar-refractivity contribution in [2.75, 3.05) is 0 Å². The maximum Gasteiger partial charge on any atom is 0.160 e. The van der Waals surface area contributed by atoms with Crippen molar-refractivity contribution in [2.45, 2.75) is 0 Å². The number of hydrogen-bond acceptors (Lipinski definition) is 3. The summed E-state index contributed by atoms with van der Waals surface area (Å²) in [5.74, 6) is 0.680. The van der Waals surface area contributed by atoms with E-state index in [9.17, 15) is 0 Å². The second kappa shape index (κ2) is 13.6. The summed E-state index contributed by atoms with van der Waals surface area (Å²) >= 11 is 0. The number of fused-ring (bicyclic) bond motifs is 6. The Morgan fingerprint density at radius 3 is 1.67 bits per heavy atom. The molecule has 9 aromatic carbocycles. The molecule has 0 atom stereocenters. The second-order valence-corrected chi connectivity index (χ2v) is 14.5. The normalized spacial score (nSPS) is 11.5. The van der Waals surface area contributed by atoms with Crippen LogP contribution < -0.4 is 0 Å². The fourth-order valence-corrected chi connectivity index (χ4v) is 8.31. The van der Waals surface area contributed by atoms with Crippen LogP contribution in [0, 0.1) is 0 Å². The van der Waals surface area contributed by atoms with E-state index in [1.54, 1.807) is 0 Å². The molecule has 0 fully saturated rings. The zero-order valence-electron chi connectivity index (χ0n) is 30.9. The third kappa shape index (κ3) is 5.85. The molecular weight excluding hydrogens is 693 g/mol. The summed E-state index contributed by atoms with van der Waals surface area (Å²) in [6.07, 6.45) is 0. The SMILES string of the molecule is c1ccc(-c2cc(-c3ccc4oc5ccccc5c4c3)cc(-c3cc(-c4ccccc4-c4cc5ccccc5c5ccccc45)nc(-c4ccccc4)n3)c2)cc1. The Morgan fingerprint density at radius 2 is 0.860 bits per heavy atom. The fourth-order valence-electron chi connectivity index (χ4n) is 8.31. The lowest BCUT2D eigenvalue weighted by atomic mass is 9.89. The number of aromatic nitrogens is 2. The van der Waals surface area contributed by atoms with Gasteiger partial charge in [-0.05, 0) is 103 Å². The minimum absolute atomic E-state index is 0.680. The first-order chi connectivity index (χ1) is 28.2. The van der Waals surface area contributed by atoms with E-state index in [1.165, 1.54) is 27.1 Å². The number of rotatable bonds is 6. The van der Waals surface area contributed by atoms with E-state index < -0.39 is 0 Å². The van der Waals surface area contributed by atoms with Crippen LogP contribution in [0.25, 0.3) is 111 Å². The van der Waals surface area contributed by atoms with Crippen LogP contribution in [-0.2, 0) is 0 Å². The van der Waals surface area contributed by atoms with Crippen molar-refractivity contribution < 1.29 is 4.42 Å². The largest absolute Gasteiger partial charge is 0.456 e. The molecule has 0 saturated heterocycles. The molecule has 3 heteroatoms. The topological polar surface area (TPSA) is 38.9 Å². The molecule has 0 amide bonds. The molecule has 57 heavy (non-hydrogen) atoms. The third-order valence-corrected chi connectivity index (χ3v) is 11.1. The summed E-state index contributed by atoms with van der Waals surface area (Å²) in [5, 5.41) is 7.12. The molecule has 0 bridgehead atoms. The molecule has 0 saturated carbocycles. The van der Waals surface area contributed by atoms with E-state index >= 15 is 0 Å². The Kier molecular flexibility index (Phi) is 7.82. The van der Waals surface area contributed by atoms with Gasteiger partial charge in [0.1, 0.15) is 11.2 Å². The van der Waals surface area contributed by atoms with Crippen LogP contribution in [0.2, 0.25) is 0 Å². The molecule has 0 aliphatic rings. The Labute approximate surface area is 330 Å². The summed E-state index contributed by atoms with van der Waals surface area (Å²) in [6.45, 7) is 0. The van der Waals surface area contributed by atoms with Gasteiger partial charge in [-0.25, -0.2) is 9.97 Å². The van der Waals surface area contributed by atoms with E-state index in [0.29, 0.717) is 5.82 Å². The molecule has 11 rings (SSSR count). The average molecular weight is 727 g/mol. The fraction of sp³-hybridized carbons (Fsp3) is 0. The molecule has 3 nitrogen and oxygen atoms in total. The second-order valence-electron chi connectivity index (χ2n) is 14.5. The molecule has 11 aromatic rings. The monoisotopic (exact) mass is 726 g/mol. The van der Waals surface area contributed by atoms with Crippen LogP contribution in [0.5, 0.6) is 0 Å². The van der Waals surface area contributed by atoms with Crippen molar-refractivity contribution in [1.29, 1.82) is 0 Å². The smallest absolute Gasteiger partial charge is 0.160 e. The summed E-state index contributed by atoms with van der Waals surface area (Å²) < 4.78 is 6.21. The van der Waals surface area contributed by atoms with Gasteiger partial charge in [0, 0.05) is 27.5 Å². The molecule has 0 unspecified atom stereocenters. The maximum atomic E-state index is 6.21. The molecular formula is C54H34N2O. The lowest BCUT2D eigenvalue weighted by molar-refractivity contribution is 0.669. The summed E-state index contributed by atoms with van der Waals surface area (Å²) in [5.41, 5.74) is 13.3. The number of benzene rings is 9. The molecule has 0 N–H and O–H groups in total. The lowest BCUT2D eigenvalue weighted by Gasteiger charge is -2.16. The standard InChI is InChI=1S/C54H34N2O/c1-3-15-35(16-4-1)39-29-40(37-27-28-53-49(32-37)47-25-13-14-26-52(47)57-53)31-41(30-39)50-34-51(56-54(55-50)36-17-5-2-6-18-36)46-24-12-11-23-45(46)48-33-38-19-7-8-20-42(38)43-21-9-10-22-44(43)48/h1-34H. The molecule has 0 spiro atoms. The number of para-hydroxylation sites is 1. The van der Waals surface area contributed by atoms with E-state index in [4.69, 9.17) is 14.4 Å². The van der Waals surface area contributed by atoms with Crippen molar-refractivity contribution in [3.8, 4) is 67.3 Å². The van der Waals surface area contributed by atoms with Gasteiger partial charge in [0.05, 0.1) is 11.4 Å². The van der Waals surface area contributed by atoms with Crippen molar-refractivity contribution in [1.82, 2.24) is 9.97 Å². The van der Waals surface area contributed by atoms with E-state index in [0.717, 1.165) is 77.8 Å². The van der Waals surface area contributed by atoms with Gasteiger partial charge in [-0.3, -0.25) is 0 Å². The highest BCUT2D eigenvalue weighted by atomic mass is 16.3. The van der Waals surface area contributed by atoms with E-state index in [-0.39, 0.29) is 0 Å². The van der Waals surface area contributed by atoms with Gasteiger partial charge < -0.3 is 4.42 Å². The van der Waals surface area contributed by atoms with Gasteiger partial charge in [0.25, 0.3) is 0 Å². The predicted molar refractivity (Wildman–Crippen MR) is 237 cm³/mol. The number of hydrogen-bond donors (Lipinski definition) is 0. The van der Waals surface area contributed by atoms with Crippen molar-refractivity contribution in [3.05, 3.63) is 206 Å². The zero-order valence-corrected chi connectivity index (χ0v) is 30.9. The van der Waals surface area contributed by atoms with Crippen LogP contribution in [0.15, 0.2) is 211 Å². The third-order valence-electron chi connectivity index (χ3n) is 11.1. The number of furan rings is 1. The Bertz CT molecular complexity index is 3290. The van der Waals surface area contributed by atoms with Gasteiger partial charge in [0.15, 0.2) is 5.82 Å². The Morgan fingerprint density at radius 1 is 0.281 bits per heavy atom. The van der Waals surface area contributed by atoms with Gasteiger partial charge in [-0.15, -0.1) is 0 Å². The summed E-state index contributed by atoms with van der Waals surface area (Å²) in [4.78, 5) is 10.6. The zero-order chi connectivity index (χ0) is 37.7. The van der Waals surface area contributed by atoms with Crippen LogP contribution in [0.1, 0.15) is 0 Å².